The van der Waals surface area contributed by atoms with E-state index in [4.69, 9.17) is 0 Å². The number of alkyl halides is 3. The topological polar surface area (TPSA) is 93.2 Å². The minimum atomic E-state index is -5.02. The largest absolute Gasteiger partial charge is 0.573 e. The quantitative estimate of drug-likeness (QED) is 0.469. The van der Waals surface area contributed by atoms with Crippen molar-refractivity contribution in [3.8, 4) is 5.75 Å². The lowest BCUT2D eigenvalue weighted by Crippen LogP contribution is -2.18. The molecule has 2 aromatic carbocycles. The number of aromatic nitrogens is 2. The summed E-state index contributed by atoms with van der Waals surface area (Å²) in [6.07, 6.45) is -3.96. The first-order chi connectivity index (χ1) is 15.0. The first-order valence-electron chi connectivity index (χ1n) is 8.90. The van der Waals surface area contributed by atoms with Crippen molar-refractivity contribution in [2.75, 3.05) is 16.4 Å². The van der Waals surface area contributed by atoms with Crippen molar-refractivity contribution in [2.45, 2.75) is 18.2 Å². The van der Waals surface area contributed by atoms with Gasteiger partial charge in [-0.25, -0.2) is 27.2 Å². The molecule has 3 rings (SSSR count). The standard InChI is InChI=1S/C19H15F5N4O3S/c1-2-32(29,30)12-4-6-16(31-19(22,23)24)15(8-12)28-18-9-17(25-10-26-18)27-11-3-5-13(20)14(21)7-11/h3-10H,2H2,1H3,(H2,25,26,27,28). The Balaban J connectivity index is 1.93. The van der Waals surface area contributed by atoms with Gasteiger partial charge in [-0.05, 0) is 30.3 Å². The Kier molecular flexibility index (Phi) is 6.48. The second-order valence-electron chi connectivity index (χ2n) is 6.28. The molecule has 0 aliphatic heterocycles. The van der Waals surface area contributed by atoms with E-state index in [1.807, 2.05) is 0 Å². The Morgan fingerprint density at radius 2 is 1.62 bits per heavy atom. The lowest BCUT2D eigenvalue weighted by atomic mass is 10.3. The zero-order valence-corrected chi connectivity index (χ0v) is 17.1. The number of rotatable bonds is 7. The third-order valence-corrected chi connectivity index (χ3v) is 5.77. The zero-order valence-electron chi connectivity index (χ0n) is 16.2. The van der Waals surface area contributed by atoms with Gasteiger partial charge in [-0.3, -0.25) is 0 Å². The van der Waals surface area contributed by atoms with Crippen molar-refractivity contribution < 1.29 is 35.1 Å². The monoisotopic (exact) mass is 474 g/mol. The molecule has 0 unspecified atom stereocenters. The van der Waals surface area contributed by atoms with Crippen LogP contribution in [0, 0.1) is 11.6 Å². The van der Waals surface area contributed by atoms with Crippen LogP contribution in [0.4, 0.5) is 45.0 Å². The molecule has 0 atom stereocenters. The first-order valence-corrected chi connectivity index (χ1v) is 10.6. The van der Waals surface area contributed by atoms with E-state index in [0.29, 0.717) is 0 Å². The molecular formula is C19H15F5N4O3S. The summed E-state index contributed by atoms with van der Waals surface area (Å²) in [7, 11) is -3.72. The van der Waals surface area contributed by atoms with Crippen LogP contribution >= 0.6 is 0 Å². The summed E-state index contributed by atoms with van der Waals surface area (Å²) in [6.45, 7) is 1.39. The van der Waals surface area contributed by atoms with Gasteiger partial charge in [0, 0.05) is 17.8 Å². The van der Waals surface area contributed by atoms with Crippen LogP contribution in [-0.4, -0.2) is 30.5 Å². The molecule has 13 heteroatoms. The van der Waals surface area contributed by atoms with Crippen molar-refractivity contribution in [3.05, 3.63) is 60.4 Å². The van der Waals surface area contributed by atoms with Crippen LogP contribution in [0.2, 0.25) is 0 Å². The summed E-state index contributed by atoms with van der Waals surface area (Å²) in [5.74, 6) is -3.00. The molecule has 3 aromatic rings. The molecule has 32 heavy (non-hydrogen) atoms. The van der Waals surface area contributed by atoms with E-state index in [0.717, 1.165) is 36.7 Å². The van der Waals surface area contributed by atoms with Crippen LogP contribution in [0.25, 0.3) is 0 Å². The van der Waals surface area contributed by atoms with Gasteiger partial charge in [0.25, 0.3) is 0 Å². The number of ether oxygens (including phenoxy) is 1. The number of halogens is 5. The second kappa shape index (κ2) is 8.94. The van der Waals surface area contributed by atoms with Gasteiger partial charge in [-0.1, -0.05) is 6.92 Å². The maximum atomic E-state index is 13.4. The maximum Gasteiger partial charge on any atom is 0.573 e. The summed E-state index contributed by atoms with van der Waals surface area (Å²) < 4.78 is 93.0. The van der Waals surface area contributed by atoms with Crippen LogP contribution in [0.5, 0.6) is 5.75 Å². The Bertz CT molecular complexity index is 1240. The molecule has 1 heterocycles. The second-order valence-corrected chi connectivity index (χ2v) is 8.55. The Labute approximate surface area is 179 Å². The third kappa shape index (κ3) is 5.81. The van der Waals surface area contributed by atoms with Gasteiger partial charge in [-0.2, -0.15) is 0 Å². The molecule has 0 saturated carbocycles. The van der Waals surface area contributed by atoms with Gasteiger partial charge < -0.3 is 15.4 Å². The van der Waals surface area contributed by atoms with Crippen molar-refractivity contribution in [2.24, 2.45) is 0 Å². The molecular weight excluding hydrogens is 459 g/mol. The highest BCUT2D eigenvalue weighted by Crippen LogP contribution is 2.34. The summed E-state index contributed by atoms with van der Waals surface area (Å²) >= 11 is 0. The zero-order chi connectivity index (χ0) is 23.5. The molecule has 170 valence electrons. The van der Waals surface area contributed by atoms with E-state index in [2.05, 4.69) is 25.3 Å². The van der Waals surface area contributed by atoms with Crippen molar-refractivity contribution in [3.63, 3.8) is 0 Å². The van der Waals surface area contributed by atoms with Gasteiger partial charge >= 0.3 is 6.36 Å². The predicted octanol–water partition coefficient (Wildman–Crippen LogP) is 4.93. The fourth-order valence-electron chi connectivity index (χ4n) is 2.53. The van der Waals surface area contributed by atoms with E-state index < -0.39 is 33.6 Å². The number of hydrogen-bond donors (Lipinski definition) is 2. The normalized spacial score (nSPS) is 11.8. The fraction of sp³-hybridized carbons (Fsp3) is 0.158. The number of sulfone groups is 1. The Morgan fingerprint density at radius 3 is 2.25 bits per heavy atom. The van der Waals surface area contributed by atoms with E-state index in [1.165, 1.54) is 19.1 Å². The van der Waals surface area contributed by atoms with Crippen LogP contribution in [0.3, 0.4) is 0 Å². The lowest BCUT2D eigenvalue weighted by molar-refractivity contribution is -0.274. The molecule has 0 fully saturated rings. The van der Waals surface area contributed by atoms with Gasteiger partial charge in [0.05, 0.1) is 16.3 Å². The average Bonchev–Trinajstić information content (AvgIpc) is 2.71. The molecule has 0 amide bonds. The van der Waals surface area contributed by atoms with Gasteiger partial charge in [0.2, 0.25) is 0 Å². The highest BCUT2D eigenvalue weighted by molar-refractivity contribution is 7.91. The highest BCUT2D eigenvalue weighted by atomic mass is 32.2. The number of nitrogens with one attached hydrogen (secondary N) is 2. The minimum Gasteiger partial charge on any atom is -0.404 e. The minimum absolute atomic E-state index is 0.0249. The molecule has 1 aromatic heterocycles. The summed E-state index contributed by atoms with van der Waals surface area (Å²) in [5.41, 5.74) is -0.153. The third-order valence-electron chi connectivity index (χ3n) is 4.04. The Hall–Kier alpha value is -3.48. The van der Waals surface area contributed by atoms with Crippen molar-refractivity contribution in [1.82, 2.24) is 9.97 Å². The van der Waals surface area contributed by atoms with E-state index in [-0.39, 0.29) is 33.7 Å². The molecule has 2 N–H and O–H groups in total. The Morgan fingerprint density at radius 1 is 0.938 bits per heavy atom. The van der Waals surface area contributed by atoms with Crippen LogP contribution in [-0.2, 0) is 9.84 Å². The molecule has 7 nitrogen and oxygen atoms in total. The van der Waals surface area contributed by atoms with Crippen LogP contribution < -0.4 is 15.4 Å². The average molecular weight is 474 g/mol. The summed E-state index contributed by atoms with van der Waals surface area (Å²) in [6, 6.07) is 7.17. The van der Waals surface area contributed by atoms with Crippen LogP contribution in [0.1, 0.15) is 6.92 Å². The molecule has 0 aliphatic carbocycles. The number of benzene rings is 2. The van der Waals surface area contributed by atoms with Crippen LogP contribution in [0.15, 0.2) is 53.7 Å². The first kappa shape index (κ1) is 23.2. The highest BCUT2D eigenvalue weighted by Gasteiger charge is 2.32. The number of anilines is 4. The predicted molar refractivity (Wildman–Crippen MR) is 106 cm³/mol. The molecule has 0 spiro atoms. The van der Waals surface area contributed by atoms with E-state index in [1.54, 1.807) is 0 Å². The summed E-state index contributed by atoms with van der Waals surface area (Å²) in [5, 5.41) is 5.25. The number of nitrogens with zero attached hydrogens (tertiary/aromatic N) is 2. The molecule has 0 bridgehead atoms. The molecule has 0 saturated heterocycles. The maximum absolute atomic E-state index is 13.4. The van der Waals surface area contributed by atoms with E-state index in [9.17, 15) is 30.4 Å². The van der Waals surface area contributed by atoms with Crippen molar-refractivity contribution in [1.29, 1.82) is 0 Å². The SMILES string of the molecule is CCS(=O)(=O)c1ccc(OC(F)(F)F)c(Nc2cc(Nc3ccc(F)c(F)c3)ncn2)c1. The number of hydrogen-bond acceptors (Lipinski definition) is 7. The van der Waals surface area contributed by atoms with E-state index >= 15 is 0 Å². The summed E-state index contributed by atoms with van der Waals surface area (Å²) in [4.78, 5) is 7.55. The smallest absolute Gasteiger partial charge is 0.404 e. The fourth-order valence-corrected chi connectivity index (χ4v) is 3.44. The molecule has 0 radical (unpaired) electrons. The van der Waals surface area contributed by atoms with Gasteiger partial charge in [0.15, 0.2) is 27.2 Å². The van der Waals surface area contributed by atoms with Gasteiger partial charge in [0.1, 0.15) is 18.0 Å². The van der Waals surface area contributed by atoms with Gasteiger partial charge in [-0.15, -0.1) is 13.2 Å². The van der Waals surface area contributed by atoms with Crippen molar-refractivity contribution >= 4 is 32.8 Å². The lowest BCUT2D eigenvalue weighted by Gasteiger charge is -2.16. The molecule has 0 aliphatic rings.